The van der Waals surface area contributed by atoms with Gasteiger partial charge in [-0.1, -0.05) is 22.0 Å². The van der Waals surface area contributed by atoms with E-state index in [1.54, 1.807) is 0 Å². The number of nitrogens with zero attached hydrogens (tertiary/aromatic N) is 2. The molecule has 0 heterocycles. The van der Waals surface area contributed by atoms with E-state index in [2.05, 4.69) is 15.9 Å². The fourth-order valence-electron chi connectivity index (χ4n) is 0.507. The third-order valence-corrected chi connectivity index (χ3v) is 1.34. The average molecular weight is 298 g/mol. The summed E-state index contributed by atoms with van der Waals surface area (Å²) in [6.07, 6.45) is 0. The van der Waals surface area contributed by atoms with Gasteiger partial charge in [-0.15, -0.1) is 0 Å². The highest BCUT2D eigenvalue weighted by Gasteiger charge is 1.84. The molecule has 0 unspecified atom stereocenters. The van der Waals surface area contributed by atoms with Crippen LogP contribution in [0.3, 0.4) is 0 Å². The highest BCUT2D eigenvalue weighted by molar-refractivity contribution is 9.10. The number of anilines is 1. The molecule has 0 spiro atoms. The van der Waals surface area contributed by atoms with Gasteiger partial charge >= 0.3 is 10.4 Å². The molecule has 0 atom stereocenters. The maximum Gasteiger partial charge on any atom is 0.394 e. The van der Waals surface area contributed by atoms with E-state index in [1.807, 2.05) is 24.3 Å². The van der Waals surface area contributed by atoms with Crippen LogP contribution >= 0.6 is 15.9 Å². The van der Waals surface area contributed by atoms with Crippen LogP contribution in [-0.4, -0.2) is 17.5 Å². The average Bonchev–Trinajstić information content (AvgIpc) is 2.04. The van der Waals surface area contributed by atoms with E-state index in [4.69, 9.17) is 34.0 Å². The minimum atomic E-state index is -4.67. The van der Waals surface area contributed by atoms with E-state index in [-0.39, 0.29) is 0 Å². The summed E-state index contributed by atoms with van der Waals surface area (Å²) in [5.41, 5.74) is 6.22. The lowest BCUT2D eigenvalue weighted by atomic mass is 10.3. The van der Waals surface area contributed by atoms with Crippen molar-refractivity contribution in [3.8, 4) is 0 Å². The second-order valence-corrected chi connectivity index (χ2v) is 3.81. The second-order valence-electron chi connectivity index (χ2n) is 2.00. The van der Waals surface area contributed by atoms with Crippen LogP contribution in [0.25, 0.3) is 0 Å². The summed E-state index contributed by atoms with van der Waals surface area (Å²) in [6, 6.07) is 7.56. The van der Waals surface area contributed by atoms with Crippen molar-refractivity contribution in [3.05, 3.63) is 28.7 Å². The number of hydrogen-bond acceptors (Lipinski definition) is 5. The molecular formula is C6H8BrN3O4S. The molecule has 0 aliphatic rings. The van der Waals surface area contributed by atoms with Gasteiger partial charge in [-0.3, -0.25) is 9.11 Å². The molecule has 0 aromatic heterocycles. The Morgan fingerprint density at radius 2 is 1.67 bits per heavy atom. The number of rotatable bonds is 0. The molecule has 15 heavy (non-hydrogen) atoms. The number of nitrogen functional groups attached to an aromatic ring is 1. The van der Waals surface area contributed by atoms with Crippen LogP contribution in [0.1, 0.15) is 0 Å². The maximum atomic E-state index is 8.74. The summed E-state index contributed by atoms with van der Waals surface area (Å²) in [5.74, 6) is 0. The van der Waals surface area contributed by atoms with Crippen molar-refractivity contribution in [1.29, 1.82) is 10.8 Å². The zero-order valence-corrected chi connectivity index (χ0v) is 9.68. The van der Waals surface area contributed by atoms with Crippen molar-refractivity contribution >= 4 is 32.0 Å². The number of hydrogen-bond donors (Lipinski definition) is 3. The van der Waals surface area contributed by atoms with Crippen molar-refractivity contribution in [2.45, 2.75) is 0 Å². The van der Waals surface area contributed by atoms with Crippen LogP contribution in [0.4, 0.5) is 5.69 Å². The van der Waals surface area contributed by atoms with Gasteiger partial charge in [0, 0.05) is 20.9 Å². The lowest BCUT2D eigenvalue weighted by Crippen LogP contribution is -1.89. The molecule has 0 saturated carbocycles. The molecular weight excluding hydrogens is 290 g/mol. The van der Waals surface area contributed by atoms with Gasteiger partial charge in [0.15, 0.2) is 0 Å². The highest BCUT2D eigenvalue weighted by atomic mass is 79.9. The molecule has 1 aromatic rings. The lowest BCUT2D eigenvalue weighted by Gasteiger charge is -1.89. The van der Waals surface area contributed by atoms with E-state index in [1.165, 1.54) is 0 Å². The van der Waals surface area contributed by atoms with Gasteiger partial charge in [0.1, 0.15) is 0 Å². The number of halogens is 1. The molecule has 0 amide bonds. The van der Waals surface area contributed by atoms with Crippen LogP contribution in [0.5, 0.6) is 0 Å². The Hall–Kier alpha value is -1.21. The van der Waals surface area contributed by atoms with Crippen molar-refractivity contribution in [3.63, 3.8) is 0 Å². The van der Waals surface area contributed by atoms with Crippen LogP contribution < -0.4 is 5.73 Å². The molecule has 0 fully saturated rings. The first-order valence-electron chi connectivity index (χ1n) is 3.20. The minimum Gasteiger partial charge on any atom is -0.399 e. The first-order chi connectivity index (χ1) is 6.79. The Balaban J connectivity index is 0. The van der Waals surface area contributed by atoms with Crippen molar-refractivity contribution < 1.29 is 17.5 Å². The van der Waals surface area contributed by atoms with Crippen LogP contribution in [0.2, 0.25) is 0 Å². The van der Waals surface area contributed by atoms with Crippen molar-refractivity contribution in [2.75, 3.05) is 5.73 Å². The van der Waals surface area contributed by atoms with Gasteiger partial charge in [-0.2, -0.15) is 8.42 Å². The number of benzene rings is 1. The first kappa shape index (κ1) is 16.2. The normalized spacial score (nSPS) is 8.87. The van der Waals surface area contributed by atoms with Gasteiger partial charge in [0.2, 0.25) is 0 Å². The van der Waals surface area contributed by atoms with Crippen LogP contribution in [0, 0.1) is 10.8 Å². The molecule has 1 rings (SSSR count). The molecule has 4 N–H and O–H groups in total. The second kappa shape index (κ2) is 8.13. The van der Waals surface area contributed by atoms with E-state index in [0.717, 1.165) is 10.2 Å². The van der Waals surface area contributed by atoms with Crippen LogP contribution in [-0.2, 0) is 10.4 Å². The Kier molecular flexibility index (Phi) is 8.79. The van der Waals surface area contributed by atoms with Gasteiger partial charge in [-0.25, -0.2) is 0 Å². The molecule has 7 nitrogen and oxygen atoms in total. The fraction of sp³-hybridized carbons (Fsp3) is 0. The van der Waals surface area contributed by atoms with Gasteiger partial charge in [0.05, 0.1) is 0 Å². The van der Waals surface area contributed by atoms with E-state index in [0.29, 0.717) is 0 Å². The molecule has 0 aliphatic carbocycles. The molecule has 84 valence electrons. The fourth-order valence-corrected chi connectivity index (χ4v) is 0.924. The quantitative estimate of drug-likeness (QED) is 0.372. The zero-order chi connectivity index (χ0) is 12.5. The van der Waals surface area contributed by atoms with Crippen molar-refractivity contribution in [2.24, 2.45) is 0 Å². The van der Waals surface area contributed by atoms with Crippen molar-refractivity contribution in [1.82, 2.24) is 0 Å². The smallest absolute Gasteiger partial charge is 0.394 e. The summed E-state index contributed by atoms with van der Waals surface area (Å²) in [7, 11) is -4.67. The monoisotopic (exact) mass is 297 g/mol. The summed E-state index contributed by atoms with van der Waals surface area (Å²) >= 11 is 3.28. The largest absolute Gasteiger partial charge is 0.399 e. The van der Waals surface area contributed by atoms with E-state index < -0.39 is 10.4 Å². The molecule has 0 saturated heterocycles. The summed E-state index contributed by atoms with van der Waals surface area (Å²) in [5, 5.41) is 12.0. The molecule has 1 aromatic carbocycles. The molecule has 9 heteroatoms. The SMILES string of the molecule is N#N.Nc1cccc(Br)c1.O=S(=O)(O)O. The highest BCUT2D eigenvalue weighted by Crippen LogP contribution is 2.11. The predicted octanol–water partition coefficient (Wildman–Crippen LogP) is 1.41. The Labute approximate surface area is 95.0 Å². The molecule has 0 bridgehead atoms. The number of nitrogens with two attached hydrogens (primary N) is 1. The standard InChI is InChI=1S/C6H6BrN.N2.H2O4S/c7-5-2-1-3-6(8)4-5;1-2;1-5(2,3)4/h1-4H,8H2;;(H2,1,2,3,4). The van der Waals surface area contributed by atoms with Gasteiger partial charge < -0.3 is 5.73 Å². The third-order valence-electron chi connectivity index (χ3n) is 0.849. The van der Waals surface area contributed by atoms with Gasteiger partial charge in [-0.05, 0) is 18.2 Å². The lowest BCUT2D eigenvalue weighted by molar-refractivity contribution is 0.381. The predicted molar refractivity (Wildman–Crippen MR) is 56.2 cm³/mol. The topological polar surface area (TPSA) is 148 Å². The first-order valence-corrected chi connectivity index (χ1v) is 5.39. The van der Waals surface area contributed by atoms with E-state index in [9.17, 15) is 0 Å². The zero-order valence-electron chi connectivity index (χ0n) is 7.28. The maximum absolute atomic E-state index is 8.74. The minimum absolute atomic E-state index is 0.791. The summed E-state index contributed by atoms with van der Waals surface area (Å²) in [6.45, 7) is 0. The van der Waals surface area contributed by atoms with Gasteiger partial charge in [0.25, 0.3) is 0 Å². The Bertz CT molecular complexity index is 381. The van der Waals surface area contributed by atoms with E-state index >= 15 is 0 Å². The summed E-state index contributed by atoms with van der Waals surface area (Å²) < 4.78 is 32.6. The molecule has 0 radical (unpaired) electrons. The summed E-state index contributed by atoms with van der Waals surface area (Å²) in [4.78, 5) is 0. The Morgan fingerprint density at radius 1 is 1.27 bits per heavy atom. The Morgan fingerprint density at radius 3 is 1.87 bits per heavy atom. The third kappa shape index (κ3) is 19.3. The molecule has 0 aliphatic heterocycles. The van der Waals surface area contributed by atoms with Crippen LogP contribution in [0.15, 0.2) is 28.7 Å².